The van der Waals surface area contributed by atoms with Gasteiger partial charge in [0.15, 0.2) is 10.8 Å². The van der Waals surface area contributed by atoms with Gasteiger partial charge in [-0.2, -0.15) is 10.1 Å². The van der Waals surface area contributed by atoms with E-state index in [1.165, 1.54) is 12.8 Å². The summed E-state index contributed by atoms with van der Waals surface area (Å²) in [6, 6.07) is 4.21. The van der Waals surface area contributed by atoms with Crippen LogP contribution in [0.5, 0.6) is 0 Å². The molecule has 0 amide bonds. The Morgan fingerprint density at radius 1 is 1.28 bits per heavy atom. The molecule has 1 saturated carbocycles. The molecule has 0 aliphatic heterocycles. The maximum absolute atomic E-state index is 6.12. The van der Waals surface area contributed by atoms with E-state index in [2.05, 4.69) is 37.3 Å². The molecule has 1 unspecified atom stereocenters. The number of imidazole rings is 1. The van der Waals surface area contributed by atoms with Crippen LogP contribution < -0.4 is 5.32 Å². The van der Waals surface area contributed by atoms with Crippen LogP contribution >= 0.6 is 11.6 Å². The van der Waals surface area contributed by atoms with Gasteiger partial charge in [-0.05, 0) is 37.8 Å². The zero-order chi connectivity index (χ0) is 17.0. The molecule has 0 radical (unpaired) electrons. The van der Waals surface area contributed by atoms with Gasteiger partial charge in [0.1, 0.15) is 5.65 Å². The predicted molar refractivity (Wildman–Crippen MR) is 96.7 cm³/mol. The van der Waals surface area contributed by atoms with Crippen molar-refractivity contribution in [3.05, 3.63) is 35.9 Å². The third-order valence-electron chi connectivity index (χ3n) is 4.71. The molecule has 8 heteroatoms. The lowest BCUT2D eigenvalue weighted by atomic mass is 10.2. The van der Waals surface area contributed by atoms with Crippen molar-refractivity contribution < 1.29 is 0 Å². The van der Waals surface area contributed by atoms with Crippen molar-refractivity contribution in [2.24, 2.45) is 5.92 Å². The van der Waals surface area contributed by atoms with Crippen molar-refractivity contribution in [1.29, 1.82) is 0 Å². The molecule has 126 valence electrons. The molecule has 4 aromatic heterocycles. The smallest absolute Gasteiger partial charge is 0.224 e. The van der Waals surface area contributed by atoms with E-state index < -0.39 is 0 Å². The second-order valence-electron chi connectivity index (χ2n) is 6.50. The predicted octanol–water partition coefficient (Wildman–Crippen LogP) is 3.53. The summed E-state index contributed by atoms with van der Waals surface area (Å²) in [6.45, 7) is 2.18. The number of H-pyrrole nitrogens is 1. The molecule has 7 nitrogen and oxygen atoms in total. The fourth-order valence-corrected chi connectivity index (χ4v) is 3.27. The highest BCUT2D eigenvalue weighted by Gasteiger charge is 2.28. The van der Waals surface area contributed by atoms with E-state index >= 15 is 0 Å². The molecule has 4 heterocycles. The van der Waals surface area contributed by atoms with Crippen LogP contribution in [0.25, 0.3) is 27.9 Å². The molecule has 1 fully saturated rings. The molecule has 0 spiro atoms. The van der Waals surface area contributed by atoms with Crippen LogP contribution in [-0.4, -0.2) is 35.6 Å². The number of nitrogens with one attached hydrogen (secondary N) is 2. The third kappa shape index (κ3) is 2.51. The molecule has 4 aromatic rings. The van der Waals surface area contributed by atoms with Crippen molar-refractivity contribution >= 4 is 34.2 Å². The van der Waals surface area contributed by atoms with E-state index in [-0.39, 0.29) is 0 Å². The lowest BCUT2D eigenvalue weighted by Crippen LogP contribution is -2.18. The van der Waals surface area contributed by atoms with E-state index in [1.807, 2.05) is 24.5 Å². The van der Waals surface area contributed by atoms with Crippen LogP contribution in [0.4, 0.5) is 5.95 Å². The number of aromatic amines is 1. The summed E-state index contributed by atoms with van der Waals surface area (Å²) in [7, 11) is 0. The Morgan fingerprint density at radius 3 is 3.00 bits per heavy atom. The standard InChI is InChI=1S/C17H16ClN7/c1-9(10-2-3-10)22-17-21-7-12-11(6-20-16(12)23-17)13-4-5-15-19-8-14(18)25(15)24-13/h4-10H,2-3H2,1H3,(H2,20,21,22,23). The van der Waals surface area contributed by atoms with Gasteiger partial charge in [-0.25, -0.2) is 14.5 Å². The molecule has 0 aromatic carbocycles. The van der Waals surface area contributed by atoms with Crippen LogP contribution in [0.3, 0.4) is 0 Å². The van der Waals surface area contributed by atoms with Gasteiger partial charge in [-0.3, -0.25) is 0 Å². The highest BCUT2D eigenvalue weighted by Crippen LogP contribution is 2.34. The summed E-state index contributed by atoms with van der Waals surface area (Å²) >= 11 is 6.12. The molecular weight excluding hydrogens is 338 g/mol. The summed E-state index contributed by atoms with van der Waals surface area (Å²) in [6.07, 6.45) is 7.89. The van der Waals surface area contributed by atoms with Crippen molar-refractivity contribution in [1.82, 2.24) is 29.5 Å². The lowest BCUT2D eigenvalue weighted by Gasteiger charge is -2.12. The average molecular weight is 354 g/mol. The van der Waals surface area contributed by atoms with Crippen LogP contribution in [-0.2, 0) is 0 Å². The van der Waals surface area contributed by atoms with Gasteiger partial charge in [-0.1, -0.05) is 11.6 Å². The normalized spacial score (nSPS) is 15.8. The van der Waals surface area contributed by atoms with Crippen LogP contribution in [0, 0.1) is 5.92 Å². The van der Waals surface area contributed by atoms with E-state index in [9.17, 15) is 0 Å². The minimum absolute atomic E-state index is 0.402. The van der Waals surface area contributed by atoms with Gasteiger partial charge < -0.3 is 10.3 Å². The Balaban J connectivity index is 1.53. The first kappa shape index (κ1) is 14.7. The number of hydrogen-bond donors (Lipinski definition) is 2. The maximum atomic E-state index is 6.12. The summed E-state index contributed by atoms with van der Waals surface area (Å²) in [4.78, 5) is 16.5. The SMILES string of the molecule is CC(Nc1ncc2c(-c3ccc4ncc(Cl)n4n3)c[nH]c2n1)C1CC1. The Kier molecular flexibility index (Phi) is 3.18. The minimum Gasteiger partial charge on any atom is -0.351 e. The van der Waals surface area contributed by atoms with Gasteiger partial charge in [0.05, 0.1) is 11.9 Å². The number of anilines is 1. The number of halogens is 1. The van der Waals surface area contributed by atoms with Crippen LogP contribution in [0.2, 0.25) is 5.15 Å². The topological polar surface area (TPSA) is 83.8 Å². The number of aromatic nitrogens is 6. The molecule has 2 N–H and O–H groups in total. The first-order valence-corrected chi connectivity index (χ1v) is 8.68. The second-order valence-corrected chi connectivity index (χ2v) is 6.89. The monoisotopic (exact) mass is 353 g/mol. The zero-order valence-electron chi connectivity index (χ0n) is 13.6. The average Bonchev–Trinajstić information content (AvgIpc) is 3.30. The van der Waals surface area contributed by atoms with Crippen LogP contribution in [0.1, 0.15) is 19.8 Å². The first-order valence-electron chi connectivity index (χ1n) is 8.30. The molecule has 1 aliphatic rings. The molecule has 1 aliphatic carbocycles. The molecule has 0 bridgehead atoms. The highest BCUT2D eigenvalue weighted by molar-refractivity contribution is 6.29. The Morgan fingerprint density at radius 2 is 2.16 bits per heavy atom. The van der Waals surface area contributed by atoms with Crippen molar-refractivity contribution in [3.8, 4) is 11.3 Å². The second kappa shape index (κ2) is 5.42. The van der Waals surface area contributed by atoms with Gasteiger partial charge in [0.2, 0.25) is 5.95 Å². The van der Waals surface area contributed by atoms with Gasteiger partial charge >= 0.3 is 0 Å². The summed E-state index contributed by atoms with van der Waals surface area (Å²) in [5.74, 6) is 1.40. The molecule has 25 heavy (non-hydrogen) atoms. The summed E-state index contributed by atoms with van der Waals surface area (Å²) in [5.41, 5.74) is 3.22. The maximum Gasteiger partial charge on any atom is 0.224 e. The Labute approximate surface area is 148 Å². The minimum atomic E-state index is 0.402. The Hall–Kier alpha value is -2.67. The van der Waals surface area contributed by atoms with E-state index in [0.29, 0.717) is 22.8 Å². The fourth-order valence-electron chi connectivity index (χ4n) is 3.10. The van der Waals surface area contributed by atoms with Crippen molar-refractivity contribution in [2.75, 3.05) is 5.32 Å². The van der Waals surface area contributed by atoms with Gasteiger partial charge in [-0.15, -0.1) is 0 Å². The first-order chi connectivity index (χ1) is 12.2. The van der Waals surface area contributed by atoms with E-state index in [1.54, 1.807) is 10.7 Å². The third-order valence-corrected chi connectivity index (χ3v) is 4.97. The fraction of sp³-hybridized carbons (Fsp3) is 0.294. The summed E-state index contributed by atoms with van der Waals surface area (Å²) < 4.78 is 1.61. The number of nitrogens with zero attached hydrogens (tertiary/aromatic N) is 5. The quantitative estimate of drug-likeness (QED) is 0.586. The zero-order valence-corrected chi connectivity index (χ0v) is 14.3. The van der Waals surface area contributed by atoms with Crippen molar-refractivity contribution in [2.45, 2.75) is 25.8 Å². The number of hydrogen-bond acceptors (Lipinski definition) is 5. The van der Waals surface area contributed by atoms with Gasteiger partial charge in [0, 0.05) is 29.4 Å². The molecular formula is C17H16ClN7. The highest BCUT2D eigenvalue weighted by atomic mass is 35.5. The van der Waals surface area contributed by atoms with Crippen LogP contribution in [0.15, 0.2) is 30.7 Å². The number of rotatable bonds is 4. The van der Waals surface area contributed by atoms with E-state index in [4.69, 9.17) is 11.6 Å². The Bertz CT molecular complexity index is 1080. The van der Waals surface area contributed by atoms with Gasteiger partial charge in [0.25, 0.3) is 0 Å². The molecule has 0 saturated heterocycles. The van der Waals surface area contributed by atoms with E-state index in [0.717, 1.165) is 28.2 Å². The lowest BCUT2D eigenvalue weighted by molar-refractivity contribution is 0.687. The number of fused-ring (bicyclic) bond motifs is 2. The largest absolute Gasteiger partial charge is 0.351 e. The molecule has 5 rings (SSSR count). The summed E-state index contributed by atoms with van der Waals surface area (Å²) in [5, 5.41) is 9.35. The van der Waals surface area contributed by atoms with Crippen molar-refractivity contribution in [3.63, 3.8) is 0 Å². The molecule has 1 atom stereocenters.